The van der Waals surface area contributed by atoms with Gasteiger partial charge < -0.3 is 5.32 Å². The highest BCUT2D eigenvalue weighted by molar-refractivity contribution is 6.06. The smallest absolute Gasteiger partial charge is 0.235 e. The van der Waals surface area contributed by atoms with Crippen molar-refractivity contribution >= 4 is 11.6 Å². The molecule has 1 N–H and O–H groups in total. The van der Waals surface area contributed by atoms with Crippen LogP contribution in [0.1, 0.15) is 18.1 Å². The maximum Gasteiger partial charge on any atom is 0.235 e. The van der Waals surface area contributed by atoms with Gasteiger partial charge in [-0.05, 0) is 42.2 Å². The van der Waals surface area contributed by atoms with Crippen LogP contribution in [0.2, 0.25) is 0 Å². The summed E-state index contributed by atoms with van der Waals surface area (Å²) >= 11 is 0. The van der Waals surface area contributed by atoms with E-state index in [1.54, 1.807) is 4.68 Å². The van der Waals surface area contributed by atoms with Gasteiger partial charge in [-0.2, -0.15) is 5.10 Å². The number of carbonyl (C=O) groups excluding carboxylic acids is 1. The molecule has 24 heavy (non-hydrogen) atoms. The normalized spacial score (nSPS) is 19.2. The second-order valence-corrected chi connectivity index (χ2v) is 6.61. The molecule has 0 radical (unpaired) electrons. The van der Waals surface area contributed by atoms with Crippen molar-refractivity contribution in [1.82, 2.24) is 9.78 Å². The first kappa shape index (κ1) is 14.7. The van der Waals surface area contributed by atoms with Gasteiger partial charge in [0.15, 0.2) is 0 Å². The van der Waals surface area contributed by atoms with Crippen LogP contribution in [-0.2, 0) is 23.7 Å². The molecule has 1 aliphatic heterocycles. The summed E-state index contributed by atoms with van der Waals surface area (Å²) in [5, 5.41) is 7.27. The van der Waals surface area contributed by atoms with Crippen LogP contribution >= 0.6 is 0 Å². The minimum absolute atomic E-state index is 0.0599. The highest BCUT2D eigenvalue weighted by Crippen LogP contribution is 2.41. The zero-order chi connectivity index (χ0) is 16.7. The van der Waals surface area contributed by atoms with Crippen LogP contribution in [0.3, 0.4) is 0 Å². The fourth-order valence-corrected chi connectivity index (χ4v) is 3.42. The number of anilines is 1. The summed E-state index contributed by atoms with van der Waals surface area (Å²) < 4.78 is 1.79. The Morgan fingerprint density at radius 3 is 2.62 bits per heavy atom. The van der Waals surface area contributed by atoms with E-state index in [4.69, 9.17) is 0 Å². The van der Waals surface area contributed by atoms with Crippen molar-refractivity contribution in [3.8, 4) is 11.1 Å². The molecule has 0 spiro atoms. The Morgan fingerprint density at radius 2 is 1.92 bits per heavy atom. The number of hydrogen-bond acceptors (Lipinski definition) is 2. The molecule has 0 bridgehead atoms. The molecule has 120 valence electrons. The molecule has 0 aliphatic carbocycles. The first-order chi connectivity index (χ1) is 11.6. The predicted octanol–water partition coefficient (Wildman–Crippen LogP) is 3.54. The number of aromatic nitrogens is 2. The number of nitrogens with zero attached hydrogens (tertiary/aromatic N) is 2. The molecule has 4 nitrogen and oxygen atoms in total. The van der Waals surface area contributed by atoms with Gasteiger partial charge in [0.2, 0.25) is 5.91 Å². The lowest BCUT2D eigenvalue weighted by Gasteiger charge is -2.22. The van der Waals surface area contributed by atoms with E-state index >= 15 is 0 Å². The van der Waals surface area contributed by atoms with E-state index in [9.17, 15) is 4.79 Å². The maximum atomic E-state index is 12.7. The number of carbonyl (C=O) groups is 1. The first-order valence-corrected chi connectivity index (χ1v) is 8.05. The van der Waals surface area contributed by atoms with Crippen molar-refractivity contribution in [3.63, 3.8) is 0 Å². The molecule has 0 fully saturated rings. The largest absolute Gasteiger partial charge is 0.325 e. The Kier molecular flexibility index (Phi) is 3.27. The average Bonchev–Trinajstić information content (AvgIpc) is 3.11. The molecule has 2 aromatic carbocycles. The Hall–Kier alpha value is -2.88. The summed E-state index contributed by atoms with van der Waals surface area (Å²) in [7, 11) is 1.90. The van der Waals surface area contributed by atoms with Gasteiger partial charge >= 0.3 is 0 Å². The third kappa shape index (κ3) is 2.31. The highest BCUT2D eigenvalue weighted by Gasteiger charge is 2.42. The third-order valence-electron chi connectivity index (χ3n) is 4.80. The van der Waals surface area contributed by atoms with E-state index in [2.05, 4.69) is 28.6 Å². The number of aryl methyl sites for hydroxylation is 1. The first-order valence-electron chi connectivity index (χ1n) is 8.05. The van der Waals surface area contributed by atoms with Crippen LogP contribution in [0.15, 0.2) is 60.9 Å². The molecular formula is C20H19N3O. The lowest BCUT2D eigenvalue weighted by atomic mass is 9.77. The van der Waals surface area contributed by atoms with Gasteiger partial charge in [0, 0.05) is 24.5 Å². The number of fused-ring (bicyclic) bond motifs is 1. The molecule has 1 amide bonds. The monoisotopic (exact) mass is 317 g/mol. The Labute approximate surface area is 141 Å². The number of nitrogens with one attached hydrogen (secondary N) is 1. The fourth-order valence-electron chi connectivity index (χ4n) is 3.42. The van der Waals surface area contributed by atoms with Gasteiger partial charge in [0.1, 0.15) is 0 Å². The summed E-state index contributed by atoms with van der Waals surface area (Å²) in [6.07, 6.45) is 4.52. The molecule has 2 heterocycles. The molecular weight excluding hydrogens is 298 g/mol. The maximum absolute atomic E-state index is 12.7. The summed E-state index contributed by atoms with van der Waals surface area (Å²) in [6, 6.07) is 16.3. The van der Waals surface area contributed by atoms with Gasteiger partial charge in [-0.15, -0.1) is 0 Å². The number of hydrogen-bond donors (Lipinski definition) is 1. The van der Waals surface area contributed by atoms with Crippen LogP contribution < -0.4 is 5.32 Å². The lowest BCUT2D eigenvalue weighted by Crippen LogP contribution is -2.33. The lowest BCUT2D eigenvalue weighted by molar-refractivity contribution is -0.120. The molecule has 1 aromatic heterocycles. The van der Waals surface area contributed by atoms with Crippen molar-refractivity contribution < 1.29 is 4.79 Å². The van der Waals surface area contributed by atoms with Crippen molar-refractivity contribution in [2.24, 2.45) is 7.05 Å². The van der Waals surface area contributed by atoms with Crippen LogP contribution in [0, 0.1) is 0 Å². The molecule has 3 aromatic rings. The number of benzene rings is 2. The van der Waals surface area contributed by atoms with E-state index in [0.717, 1.165) is 27.9 Å². The molecule has 1 atom stereocenters. The molecule has 4 heteroatoms. The summed E-state index contributed by atoms with van der Waals surface area (Å²) in [5.41, 5.74) is 4.70. The van der Waals surface area contributed by atoms with Crippen molar-refractivity contribution in [3.05, 3.63) is 72.1 Å². The van der Waals surface area contributed by atoms with Gasteiger partial charge in [0.25, 0.3) is 0 Å². The van der Waals surface area contributed by atoms with Crippen molar-refractivity contribution in [1.29, 1.82) is 0 Å². The molecule has 0 unspecified atom stereocenters. The predicted molar refractivity (Wildman–Crippen MR) is 94.8 cm³/mol. The summed E-state index contributed by atoms with van der Waals surface area (Å²) in [5.74, 6) is 0.0599. The molecule has 0 saturated heterocycles. The van der Waals surface area contributed by atoms with E-state index in [-0.39, 0.29) is 5.91 Å². The fraction of sp³-hybridized carbons (Fsp3) is 0.200. The second kappa shape index (κ2) is 5.34. The highest BCUT2D eigenvalue weighted by atomic mass is 16.2. The minimum Gasteiger partial charge on any atom is -0.325 e. The van der Waals surface area contributed by atoms with Gasteiger partial charge in [0.05, 0.1) is 11.6 Å². The standard InChI is InChI=1S/C20H19N3O/c1-20(11-14-6-4-3-5-7-14)17-10-15(16-12-21-23(2)13-16)8-9-18(17)22-19(20)24/h3-10,12-13H,11H2,1-2H3,(H,22,24)/t20-/m1/s1. The number of rotatable bonds is 3. The quantitative estimate of drug-likeness (QED) is 0.803. The van der Waals surface area contributed by atoms with E-state index in [0.29, 0.717) is 6.42 Å². The van der Waals surface area contributed by atoms with E-state index in [1.807, 2.05) is 56.7 Å². The molecule has 1 aliphatic rings. The molecule has 0 saturated carbocycles. The van der Waals surface area contributed by atoms with Crippen LogP contribution in [-0.4, -0.2) is 15.7 Å². The van der Waals surface area contributed by atoms with Crippen LogP contribution in [0.5, 0.6) is 0 Å². The topological polar surface area (TPSA) is 46.9 Å². The second-order valence-electron chi connectivity index (χ2n) is 6.61. The summed E-state index contributed by atoms with van der Waals surface area (Å²) in [4.78, 5) is 12.7. The van der Waals surface area contributed by atoms with E-state index in [1.165, 1.54) is 0 Å². The van der Waals surface area contributed by atoms with Crippen molar-refractivity contribution in [2.75, 3.05) is 5.32 Å². The third-order valence-corrected chi connectivity index (χ3v) is 4.80. The van der Waals surface area contributed by atoms with Gasteiger partial charge in [-0.25, -0.2) is 0 Å². The minimum atomic E-state index is -0.561. The van der Waals surface area contributed by atoms with Crippen LogP contribution in [0.4, 0.5) is 5.69 Å². The van der Waals surface area contributed by atoms with E-state index < -0.39 is 5.41 Å². The SMILES string of the molecule is Cn1cc(-c2ccc3c(c2)[C@@](C)(Cc2ccccc2)C(=O)N3)cn1. The van der Waals surface area contributed by atoms with Gasteiger partial charge in [-0.3, -0.25) is 9.48 Å². The average molecular weight is 317 g/mol. The van der Waals surface area contributed by atoms with Crippen LogP contribution in [0.25, 0.3) is 11.1 Å². The molecule has 4 rings (SSSR count). The number of amides is 1. The zero-order valence-corrected chi connectivity index (χ0v) is 13.8. The Bertz CT molecular complexity index is 914. The zero-order valence-electron chi connectivity index (χ0n) is 13.8. The van der Waals surface area contributed by atoms with Crippen molar-refractivity contribution in [2.45, 2.75) is 18.8 Å². The Balaban J connectivity index is 1.77. The summed E-state index contributed by atoms with van der Waals surface area (Å²) in [6.45, 7) is 2.02. The van der Waals surface area contributed by atoms with Gasteiger partial charge in [-0.1, -0.05) is 36.4 Å². The Morgan fingerprint density at radius 1 is 1.12 bits per heavy atom.